The summed E-state index contributed by atoms with van der Waals surface area (Å²) in [5.74, 6) is -1.56. The molecule has 0 saturated carbocycles. The van der Waals surface area contributed by atoms with E-state index in [0.717, 1.165) is 14.0 Å². The zero-order valence-corrected chi connectivity index (χ0v) is 13.8. The lowest BCUT2D eigenvalue weighted by atomic mass is 10.1. The van der Waals surface area contributed by atoms with Gasteiger partial charge in [0.1, 0.15) is 24.1 Å². The average molecular weight is 367 g/mol. The quantitative estimate of drug-likeness (QED) is 0.517. The predicted molar refractivity (Wildman–Crippen MR) is 83.2 cm³/mol. The topological polar surface area (TPSA) is 172 Å². The summed E-state index contributed by atoms with van der Waals surface area (Å²) in [4.78, 5) is 35.0. The Labute approximate surface area is 146 Å². The molecule has 12 nitrogen and oxygen atoms in total. The van der Waals surface area contributed by atoms with Gasteiger partial charge < -0.3 is 30.2 Å². The van der Waals surface area contributed by atoms with Crippen LogP contribution >= 0.6 is 0 Å². The second-order valence-electron chi connectivity index (χ2n) is 5.61. The lowest BCUT2D eigenvalue weighted by Crippen LogP contribution is -2.44. The molecular weight excluding hydrogens is 350 g/mol. The molecule has 2 aromatic heterocycles. The molecule has 140 valence electrons. The number of carbonyl (C=O) groups excluding carboxylic acids is 2. The molecule has 3 rings (SSSR count). The Hall–Kier alpha value is -2.83. The standard InChI is InChI=1S/C14H17N5O7/c1-5(20)25-10-7(21)9(8(22)14(23)24-2)26-13(10)19-4-18-6-11(15)16-3-17-12(6)19/h3-4,7-10,13,21-22H,1-2H3,(H2,15,16,17)/t7?,8?,9-,10?,13+/m0/s1. The highest BCUT2D eigenvalue weighted by molar-refractivity contribution is 5.81. The van der Waals surface area contributed by atoms with Crippen molar-refractivity contribution in [2.45, 2.75) is 37.6 Å². The second-order valence-corrected chi connectivity index (χ2v) is 5.61. The SMILES string of the molecule is COC(=O)C(O)[C@H]1O[C@@H](n2cnc3c(N)ncnc32)C(OC(C)=O)C1O. The van der Waals surface area contributed by atoms with Crippen molar-refractivity contribution >= 4 is 28.9 Å². The van der Waals surface area contributed by atoms with Crippen LogP contribution < -0.4 is 5.73 Å². The van der Waals surface area contributed by atoms with Gasteiger partial charge in [0.15, 0.2) is 29.9 Å². The number of nitrogens with zero attached hydrogens (tertiary/aromatic N) is 4. The number of carbonyl (C=O) groups is 2. The van der Waals surface area contributed by atoms with Gasteiger partial charge in [-0.2, -0.15) is 0 Å². The fourth-order valence-electron chi connectivity index (χ4n) is 2.79. The van der Waals surface area contributed by atoms with Crippen LogP contribution in [0.1, 0.15) is 13.2 Å². The first kappa shape index (κ1) is 18.0. The Balaban J connectivity index is 2.01. The van der Waals surface area contributed by atoms with Crippen LogP contribution in [-0.2, 0) is 23.8 Å². The summed E-state index contributed by atoms with van der Waals surface area (Å²) in [6.45, 7) is 1.15. The number of rotatable bonds is 4. The van der Waals surface area contributed by atoms with Crippen LogP contribution in [0.5, 0.6) is 0 Å². The van der Waals surface area contributed by atoms with E-state index in [1.165, 1.54) is 17.2 Å². The highest BCUT2D eigenvalue weighted by atomic mass is 16.6. The van der Waals surface area contributed by atoms with Gasteiger partial charge in [0.05, 0.1) is 13.4 Å². The molecule has 0 aromatic carbocycles. The maximum atomic E-state index is 11.6. The number of aliphatic hydroxyl groups is 2. The van der Waals surface area contributed by atoms with Crippen LogP contribution in [0.3, 0.4) is 0 Å². The van der Waals surface area contributed by atoms with Crippen molar-refractivity contribution < 1.29 is 34.0 Å². The number of imidazole rings is 1. The molecule has 0 bridgehead atoms. The van der Waals surface area contributed by atoms with Gasteiger partial charge in [-0.3, -0.25) is 9.36 Å². The van der Waals surface area contributed by atoms with E-state index < -0.39 is 42.6 Å². The van der Waals surface area contributed by atoms with Crippen molar-refractivity contribution in [3.63, 3.8) is 0 Å². The van der Waals surface area contributed by atoms with Gasteiger partial charge in [0, 0.05) is 6.92 Å². The highest BCUT2D eigenvalue weighted by Gasteiger charge is 2.52. The predicted octanol–water partition coefficient (Wildman–Crippen LogP) is -1.87. The largest absolute Gasteiger partial charge is 0.467 e. The molecule has 1 fully saturated rings. The number of aromatic nitrogens is 4. The minimum absolute atomic E-state index is 0.127. The van der Waals surface area contributed by atoms with Crippen LogP contribution in [0.15, 0.2) is 12.7 Å². The van der Waals surface area contributed by atoms with Gasteiger partial charge in [-0.15, -0.1) is 0 Å². The molecule has 1 aliphatic heterocycles. The average Bonchev–Trinajstić information content (AvgIpc) is 3.16. The summed E-state index contributed by atoms with van der Waals surface area (Å²) in [5, 5.41) is 20.5. The van der Waals surface area contributed by atoms with E-state index in [2.05, 4.69) is 19.7 Å². The van der Waals surface area contributed by atoms with Crippen molar-refractivity contribution in [3.8, 4) is 0 Å². The molecule has 1 saturated heterocycles. The van der Waals surface area contributed by atoms with Crippen molar-refractivity contribution in [1.82, 2.24) is 19.5 Å². The number of esters is 2. The van der Waals surface area contributed by atoms with Crippen molar-refractivity contribution in [2.75, 3.05) is 12.8 Å². The Kier molecular flexibility index (Phi) is 4.71. The summed E-state index contributed by atoms with van der Waals surface area (Å²) < 4.78 is 16.6. The Morgan fingerprint density at radius 2 is 2.12 bits per heavy atom. The molecule has 3 unspecified atom stereocenters. The van der Waals surface area contributed by atoms with Crippen molar-refractivity contribution in [1.29, 1.82) is 0 Å². The number of hydrogen-bond donors (Lipinski definition) is 3. The van der Waals surface area contributed by atoms with E-state index >= 15 is 0 Å². The first-order valence-electron chi connectivity index (χ1n) is 7.54. The summed E-state index contributed by atoms with van der Waals surface area (Å²) >= 11 is 0. The van der Waals surface area contributed by atoms with E-state index in [-0.39, 0.29) is 17.0 Å². The van der Waals surface area contributed by atoms with Gasteiger partial charge in [-0.25, -0.2) is 19.7 Å². The van der Waals surface area contributed by atoms with Crippen LogP contribution in [-0.4, -0.2) is 73.2 Å². The maximum Gasteiger partial charge on any atom is 0.337 e. The van der Waals surface area contributed by atoms with Gasteiger partial charge in [0.25, 0.3) is 0 Å². The molecule has 0 aliphatic carbocycles. The minimum Gasteiger partial charge on any atom is -0.467 e. The fourth-order valence-corrected chi connectivity index (χ4v) is 2.79. The van der Waals surface area contributed by atoms with E-state index in [1.807, 2.05) is 0 Å². The molecule has 0 amide bonds. The number of ether oxygens (including phenoxy) is 3. The molecule has 1 aliphatic rings. The zero-order chi connectivity index (χ0) is 19.0. The molecular formula is C14H17N5O7. The normalized spacial score (nSPS) is 26.6. The summed E-state index contributed by atoms with van der Waals surface area (Å²) in [5.41, 5.74) is 6.29. The van der Waals surface area contributed by atoms with Gasteiger partial charge >= 0.3 is 11.9 Å². The van der Waals surface area contributed by atoms with Crippen molar-refractivity contribution in [3.05, 3.63) is 12.7 Å². The van der Waals surface area contributed by atoms with Crippen LogP contribution in [0.25, 0.3) is 11.2 Å². The Bertz CT molecular complexity index is 840. The van der Waals surface area contributed by atoms with Crippen molar-refractivity contribution in [2.24, 2.45) is 0 Å². The third-order valence-corrected chi connectivity index (χ3v) is 3.97. The smallest absolute Gasteiger partial charge is 0.337 e. The highest BCUT2D eigenvalue weighted by Crippen LogP contribution is 2.35. The first-order valence-corrected chi connectivity index (χ1v) is 7.54. The van der Waals surface area contributed by atoms with E-state index in [9.17, 15) is 19.8 Å². The Morgan fingerprint density at radius 3 is 2.77 bits per heavy atom. The lowest BCUT2D eigenvalue weighted by molar-refractivity contribution is -0.163. The molecule has 2 aromatic rings. The summed E-state index contributed by atoms with van der Waals surface area (Å²) in [6.07, 6.45) is -4.50. The first-order chi connectivity index (χ1) is 12.3. The molecule has 3 heterocycles. The van der Waals surface area contributed by atoms with Crippen LogP contribution in [0.4, 0.5) is 5.82 Å². The minimum atomic E-state index is -1.78. The van der Waals surface area contributed by atoms with Gasteiger partial charge in [-0.05, 0) is 0 Å². The van der Waals surface area contributed by atoms with E-state index in [0.29, 0.717) is 0 Å². The number of hydrogen-bond acceptors (Lipinski definition) is 11. The third-order valence-electron chi connectivity index (χ3n) is 3.97. The second kappa shape index (κ2) is 6.82. The van der Waals surface area contributed by atoms with Gasteiger partial charge in [0.2, 0.25) is 0 Å². The summed E-state index contributed by atoms with van der Waals surface area (Å²) in [7, 11) is 1.08. The third kappa shape index (κ3) is 2.94. The number of aliphatic hydroxyl groups excluding tert-OH is 2. The van der Waals surface area contributed by atoms with Crippen LogP contribution in [0, 0.1) is 0 Å². The summed E-state index contributed by atoms with van der Waals surface area (Å²) in [6, 6.07) is 0. The Morgan fingerprint density at radius 1 is 1.38 bits per heavy atom. The van der Waals surface area contributed by atoms with Gasteiger partial charge in [-0.1, -0.05) is 0 Å². The zero-order valence-electron chi connectivity index (χ0n) is 13.8. The monoisotopic (exact) mass is 367 g/mol. The molecule has 5 atom stereocenters. The maximum absolute atomic E-state index is 11.6. The number of anilines is 1. The number of nitrogen functional groups attached to an aromatic ring is 1. The number of fused-ring (bicyclic) bond motifs is 1. The fraction of sp³-hybridized carbons (Fsp3) is 0.500. The lowest BCUT2D eigenvalue weighted by Gasteiger charge is -2.21. The number of nitrogens with two attached hydrogens (primary N) is 1. The van der Waals surface area contributed by atoms with Crippen LogP contribution in [0.2, 0.25) is 0 Å². The molecule has 12 heteroatoms. The molecule has 0 radical (unpaired) electrons. The molecule has 4 N–H and O–H groups in total. The van der Waals surface area contributed by atoms with E-state index in [1.54, 1.807) is 0 Å². The van der Waals surface area contributed by atoms with E-state index in [4.69, 9.17) is 15.2 Å². The molecule has 0 spiro atoms. The molecule has 26 heavy (non-hydrogen) atoms. The number of methoxy groups -OCH3 is 1.